The molecule has 2 N–H and O–H groups in total. The summed E-state index contributed by atoms with van der Waals surface area (Å²) in [7, 11) is 0. The van der Waals surface area contributed by atoms with E-state index in [4.69, 9.17) is 4.74 Å². The number of carbonyl (C=O) groups excluding carboxylic acids is 3. The Morgan fingerprint density at radius 2 is 1.70 bits per heavy atom. The van der Waals surface area contributed by atoms with Gasteiger partial charge in [-0.05, 0) is 48.9 Å². The maximum Gasteiger partial charge on any atom is 0.311 e. The molecule has 0 bridgehead atoms. The van der Waals surface area contributed by atoms with Crippen LogP contribution >= 0.6 is 23.1 Å². The molecule has 204 valence electrons. The minimum Gasteiger partial charge on any atom is -0.466 e. The summed E-state index contributed by atoms with van der Waals surface area (Å²) < 4.78 is 4.95. The van der Waals surface area contributed by atoms with Crippen LogP contribution in [-0.4, -0.2) is 34.3 Å². The standard InChI is InChI=1S/C28H24N4O6S2/c1-2-38-24(33)16-21-17-39-28(30-21)31-27(35)25(18-6-4-3-5-7-18)40-23-14-10-20(11-15-23)29-26(34)19-8-12-22(13-9-19)32(36)37/h3-15,17,25H,2,16H2,1H3,(H,29,34)(H,30,31,35). The number of ether oxygens (including phenoxy) is 1. The number of anilines is 2. The molecule has 0 aliphatic heterocycles. The lowest BCUT2D eigenvalue weighted by Gasteiger charge is -2.16. The predicted molar refractivity (Wildman–Crippen MR) is 154 cm³/mol. The van der Waals surface area contributed by atoms with Crippen molar-refractivity contribution in [2.24, 2.45) is 0 Å². The second-order valence-electron chi connectivity index (χ2n) is 8.31. The third kappa shape index (κ3) is 7.74. The molecule has 1 unspecified atom stereocenters. The molecule has 0 saturated heterocycles. The molecule has 1 heterocycles. The number of amides is 2. The molecule has 0 aliphatic rings. The van der Waals surface area contributed by atoms with E-state index in [9.17, 15) is 24.5 Å². The summed E-state index contributed by atoms with van der Waals surface area (Å²) in [6.45, 7) is 2.02. The lowest BCUT2D eigenvalue weighted by molar-refractivity contribution is -0.384. The van der Waals surface area contributed by atoms with E-state index in [-0.39, 0.29) is 36.2 Å². The van der Waals surface area contributed by atoms with Crippen molar-refractivity contribution in [1.82, 2.24) is 4.98 Å². The van der Waals surface area contributed by atoms with Crippen molar-refractivity contribution >= 4 is 57.4 Å². The molecule has 4 rings (SSSR count). The molecule has 0 radical (unpaired) electrons. The molecular formula is C28H24N4O6S2. The number of rotatable bonds is 11. The van der Waals surface area contributed by atoms with Crippen molar-refractivity contribution in [3.63, 3.8) is 0 Å². The second kappa shape index (κ2) is 13.5. The number of carbonyl (C=O) groups is 3. The van der Waals surface area contributed by atoms with E-state index in [1.54, 1.807) is 36.6 Å². The Kier molecular flexibility index (Phi) is 9.60. The smallest absolute Gasteiger partial charge is 0.311 e. The lowest BCUT2D eigenvalue weighted by atomic mass is 10.1. The van der Waals surface area contributed by atoms with Crippen LogP contribution in [0.15, 0.2) is 89.1 Å². The van der Waals surface area contributed by atoms with Gasteiger partial charge in [0.25, 0.3) is 11.6 Å². The first-order chi connectivity index (χ1) is 19.3. The molecule has 10 nitrogen and oxygen atoms in total. The number of aromatic nitrogens is 1. The first-order valence-electron chi connectivity index (χ1n) is 12.1. The molecule has 0 spiro atoms. The fraction of sp³-hybridized carbons (Fsp3) is 0.143. The van der Waals surface area contributed by atoms with Crippen LogP contribution in [0.3, 0.4) is 0 Å². The zero-order chi connectivity index (χ0) is 28.5. The van der Waals surface area contributed by atoms with Gasteiger partial charge in [-0.25, -0.2) is 4.98 Å². The van der Waals surface area contributed by atoms with E-state index < -0.39 is 16.1 Å². The maximum atomic E-state index is 13.3. The molecular weight excluding hydrogens is 552 g/mol. The number of non-ortho nitro benzene ring substituents is 1. The average Bonchev–Trinajstić information content (AvgIpc) is 3.39. The van der Waals surface area contributed by atoms with E-state index in [0.717, 1.165) is 10.5 Å². The quantitative estimate of drug-likeness (QED) is 0.0976. The largest absolute Gasteiger partial charge is 0.466 e. The van der Waals surface area contributed by atoms with Crippen LogP contribution in [0, 0.1) is 10.1 Å². The van der Waals surface area contributed by atoms with Gasteiger partial charge >= 0.3 is 5.97 Å². The van der Waals surface area contributed by atoms with Crippen LogP contribution in [0.25, 0.3) is 0 Å². The molecule has 1 atom stereocenters. The van der Waals surface area contributed by atoms with E-state index >= 15 is 0 Å². The van der Waals surface area contributed by atoms with Gasteiger partial charge in [-0.2, -0.15) is 0 Å². The Balaban J connectivity index is 1.43. The first-order valence-corrected chi connectivity index (χ1v) is 13.9. The van der Waals surface area contributed by atoms with Gasteiger partial charge in [-0.15, -0.1) is 23.1 Å². The summed E-state index contributed by atoms with van der Waals surface area (Å²) in [6, 6.07) is 21.7. The Morgan fingerprint density at radius 1 is 1.00 bits per heavy atom. The minimum atomic E-state index is -0.598. The highest BCUT2D eigenvalue weighted by atomic mass is 32.2. The molecule has 3 aromatic carbocycles. The predicted octanol–water partition coefficient (Wildman–Crippen LogP) is 5.88. The van der Waals surface area contributed by atoms with Crippen molar-refractivity contribution in [1.29, 1.82) is 0 Å². The molecule has 4 aromatic rings. The fourth-order valence-corrected chi connectivity index (χ4v) is 5.31. The average molecular weight is 577 g/mol. The molecule has 0 fully saturated rings. The molecule has 0 aliphatic carbocycles. The molecule has 0 saturated carbocycles. The third-order valence-corrected chi connectivity index (χ3v) is 7.53. The summed E-state index contributed by atoms with van der Waals surface area (Å²) in [5.74, 6) is -1.05. The summed E-state index contributed by atoms with van der Waals surface area (Å²) in [5.41, 5.74) is 2.04. The van der Waals surface area contributed by atoms with Gasteiger partial charge in [0, 0.05) is 33.7 Å². The summed E-state index contributed by atoms with van der Waals surface area (Å²) in [6.07, 6.45) is 0.0319. The summed E-state index contributed by atoms with van der Waals surface area (Å²) in [5, 5.41) is 17.9. The van der Waals surface area contributed by atoms with Crippen molar-refractivity contribution < 1.29 is 24.0 Å². The first kappa shape index (κ1) is 28.5. The van der Waals surface area contributed by atoms with Crippen LogP contribution in [0.2, 0.25) is 0 Å². The van der Waals surface area contributed by atoms with Crippen LogP contribution in [0.5, 0.6) is 0 Å². The van der Waals surface area contributed by atoms with Crippen molar-refractivity contribution in [3.8, 4) is 0 Å². The third-order valence-electron chi connectivity index (χ3n) is 5.46. The number of hydrogen-bond donors (Lipinski definition) is 2. The Hall–Kier alpha value is -4.55. The lowest BCUT2D eigenvalue weighted by Crippen LogP contribution is -2.19. The van der Waals surface area contributed by atoms with Crippen LogP contribution in [-0.2, 0) is 20.7 Å². The number of benzene rings is 3. The topological polar surface area (TPSA) is 141 Å². The van der Waals surface area contributed by atoms with Gasteiger partial charge in [0.2, 0.25) is 5.91 Å². The molecule has 12 heteroatoms. The highest BCUT2D eigenvalue weighted by molar-refractivity contribution is 8.00. The minimum absolute atomic E-state index is 0.0319. The Morgan fingerprint density at radius 3 is 2.35 bits per heavy atom. The molecule has 2 amide bonds. The van der Waals surface area contributed by atoms with Gasteiger partial charge in [0.15, 0.2) is 5.13 Å². The van der Waals surface area contributed by atoms with Gasteiger partial charge in [0.05, 0.1) is 23.6 Å². The summed E-state index contributed by atoms with van der Waals surface area (Å²) in [4.78, 5) is 53.0. The zero-order valence-corrected chi connectivity index (χ0v) is 22.9. The van der Waals surface area contributed by atoms with E-state index in [1.165, 1.54) is 47.4 Å². The maximum absolute atomic E-state index is 13.3. The van der Waals surface area contributed by atoms with Crippen molar-refractivity contribution in [2.45, 2.75) is 23.5 Å². The number of hydrogen-bond acceptors (Lipinski definition) is 9. The molecule has 1 aromatic heterocycles. The van der Waals surface area contributed by atoms with Crippen molar-refractivity contribution in [3.05, 3.63) is 111 Å². The number of nitro groups is 1. The van der Waals surface area contributed by atoms with E-state index in [0.29, 0.717) is 16.5 Å². The van der Waals surface area contributed by atoms with Gasteiger partial charge in [-0.1, -0.05) is 30.3 Å². The van der Waals surface area contributed by atoms with Crippen LogP contribution in [0.1, 0.15) is 33.8 Å². The molecule has 40 heavy (non-hydrogen) atoms. The number of thiazole rings is 1. The Bertz CT molecular complexity index is 1490. The van der Waals surface area contributed by atoms with Gasteiger partial charge in [0.1, 0.15) is 5.25 Å². The number of thioether (sulfide) groups is 1. The number of nitrogens with one attached hydrogen (secondary N) is 2. The Labute approximate surface area is 237 Å². The summed E-state index contributed by atoms with van der Waals surface area (Å²) >= 11 is 2.57. The number of esters is 1. The van der Waals surface area contributed by atoms with Gasteiger partial charge in [-0.3, -0.25) is 24.5 Å². The van der Waals surface area contributed by atoms with Crippen molar-refractivity contribution in [2.75, 3.05) is 17.2 Å². The van der Waals surface area contributed by atoms with E-state index in [1.807, 2.05) is 30.3 Å². The van der Waals surface area contributed by atoms with Gasteiger partial charge < -0.3 is 15.4 Å². The fourth-order valence-electron chi connectivity index (χ4n) is 3.57. The second-order valence-corrected chi connectivity index (χ2v) is 10.3. The normalized spacial score (nSPS) is 11.3. The SMILES string of the molecule is CCOC(=O)Cc1csc(NC(=O)C(Sc2ccc(NC(=O)c3ccc([N+](=O)[O-])cc3)cc2)c2ccccc2)n1. The number of nitrogens with zero attached hydrogens (tertiary/aromatic N) is 2. The highest BCUT2D eigenvalue weighted by Crippen LogP contribution is 2.37. The van der Waals surface area contributed by atoms with Crippen LogP contribution < -0.4 is 10.6 Å². The van der Waals surface area contributed by atoms with E-state index in [2.05, 4.69) is 15.6 Å². The highest BCUT2D eigenvalue weighted by Gasteiger charge is 2.23. The van der Waals surface area contributed by atoms with Crippen LogP contribution in [0.4, 0.5) is 16.5 Å². The number of nitro benzene ring substituents is 1. The zero-order valence-electron chi connectivity index (χ0n) is 21.2. The monoisotopic (exact) mass is 576 g/mol.